The van der Waals surface area contributed by atoms with Gasteiger partial charge in [0.1, 0.15) is 0 Å². The van der Waals surface area contributed by atoms with Crippen LogP contribution < -0.4 is 36.4 Å². The zero-order valence-corrected chi connectivity index (χ0v) is 59.2. The fraction of sp³-hybridized carbons (Fsp3) is 0.0101. The maximum Gasteiger partial charge on any atom is 0.0482 e. The first-order valence-electron chi connectivity index (χ1n) is 35.7. The number of para-hydroxylation sites is 10. The van der Waals surface area contributed by atoms with Crippen LogP contribution in [0.4, 0.5) is 91.0 Å². The van der Waals surface area contributed by atoms with E-state index in [-0.39, 0.29) is 0 Å². The first kappa shape index (κ1) is 70.3. The van der Waals surface area contributed by atoms with E-state index < -0.39 is 0 Å². The third-order valence-electron chi connectivity index (χ3n) is 17.4. The highest BCUT2D eigenvalue weighted by molar-refractivity contribution is 6.08. The van der Waals surface area contributed by atoms with Crippen LogP contribution in [0.1, 0.15) is 5.56 Å². The van der Waals surface area contributed by atoms with Gasteiger partial charge in [-0.2, -0.15) is 0 Å². The van der Waals surface area contributed by atoms with Crippen LogP contribution in [-0.2, 0) is 0 Å². The quantitative estimate of drug-likeness (QED) is 0.0582. The van der Waals surface area contributed by atoms with Crippen LogP contribution in [-0.4, -0.2) is 0 Å². The minimum atomic E-state index is 1.06. The van der Waals surface area contributed by atoms with E-state index in [0.717, 1.165) is 91.0 Å². The highest BCUT2D eigenvalue weighted by Crippen LogP contribution is 2.38. The van der Waals surface area contributed by atoms with E-state index in [2.05, 4.69) is 377 Å². The molecule has 0 aliphatic rings. The molecular weight excluding hydrogens is 1290 g/mol. The van der Waals surface area contributed by atoms with Crippen molar-refractivity contribution in [3.8, 4) is 11.1 Å². The molecule has 0 spiro atoms. The molecule has 0 aliphatic heterocycles. The Balaban J connectivity index is 0.000000119. The Morgan fingerprint density at radius 1 is 0.179 bits per heavy atom. The Bertz CT molecular complexity index is 5340. The standard InChI is InChI=1S/2C24H20N2.C20H15N.C18H15N.C13H13N/c1-4-11-20(12-5-1)25-21-13-10-18-24(19-21)26(22-14-6-2-7-15-22)23-16-8-3-9-17-23;1-4-10-20(11-5-1)25-21-16-18-24(19-17-21)26(22-12-6-2-7-13-22)23-14-8-3-9-15-23;1-2-7-17(8-3-1)21-18-12-13-20-16(14-18)11-10-15-6-4-5-9-19(15)20;1-3-9-15(10-4-1)17-13-7-8-14-18(17)19-16-11-5-2-6-12-16;1-11-6-5-9-13(10-11)14-12-7-3-2-4-8-12/h2*1-19,25H;1-14,21H;1-14,19H;2-10,14H,1H3. The number of rotatable bonds is 17. The second-order valence-electron chi connectivity index (χ2n) is 25.1. The van der Waals surface area contributed by atoms with Gasteiger partial charge in [0.25, 0.3) is 0 Å². The number of fused-ring (bicyclic) bond motifs is 3. The Labute approximate surface area is 623 Å². The molecule has 0 heterocycles. The summed E-state index contributed by atoms with van der Waals surface area (Å²) in [5.41, 5.74) is 21.5. The molecule has 17 aromatic rings. The predicted molar refractivity (Wildman–Crippen MR) is 455 cm³/mol. The van der Waals surface area contributed by atoms with Gasteiger partial charge in [-0.25, -0.2) is 0 Å². The van der Waals surface area contributed by atoms with E-state index in [9.17, 15) is 0 Å². The van der Waals surface area contributed by atoms with Crippen molar-refractivity contribution < 1.29 is 0 Å². The predicted octanol–water partition coefficient (Wildman–Crippen LogP) is 28.4. The van der Waals surface area contributed by atoms with Gasteiger partial charge in [-0.3, -0.25) is 0 Å². The lowest BCUT2D eigenvalue weighted by Crippen LogP contribution is -2.09. The van der Waals surface area contributed by atoms with E-state index in [1.54, 1.807) is 0 Å². The average molecular weight is 1370 g/mol. The maximum atomic E-state index is 3.48. The molecule has 514 valence electrons. The lowest BCUT2D eigenvalue weighted by atomic mass is 10.0. The van der Waals surface area contributed by atoms with Crippen LogP contribution in [0, 0.1) is 6.92 Å². The van der Waals surface area contributed by atoms with Crippen LogP contribution in [0.2, 0.25) is 0 Å². The zero-order chi connectivity index (χ0) is 72.0. The fourth-order valence-corrected chi connectivity index (χ4v) is 12.3. The first-order valence-corrected chi connectivity index (χ1v) is 35.7. The van der Waals surface area contributed by atoms with E-state index in [4.69, 9.17) is 0 Å². The van der Waals surface area contributed by atoms with E-state index >= 15 is 0 Å². The number of nitrogens with zero attached hydrogens (tertiary/aromatic N) is 2. The monoisotopic (exact) mass is 1370 g/mol. The molecule has 0 saturated carbocycles. The van der Waals surface area contributed by atoms with Gasteiger partial charge in [-0.1, -0.05) is 273 Å². The summed E-state index contributed by atoms with van der Waals surface area (Å²) in [5.74, 6) is 0. The van der Waals surface area contributed by atoms with Gasteiger partial charge in [-0.05, 0) is 222 Å². The Morgan fingerprint density at radius 3 is 0.953 bits per heavy atom. The normalized spacial score (nSPS) is 10.3. The Hall–Kier alpha value is -14.1. The average Bonchev–Trinajstić information content (AvgIpc) is 0.834. The van der Waals surface area contributed by atoms with Gasteiger partial charge in [0, 0.05) is 96.6 Å². The second kappa shape index (κ2) is 37.0. The fourth-order valence-electron chi connectivity index (χ4n) is 12.3. The summed E-state index contributed by atoms with van der Waals surface area (Å²) >= 11 is 0. The van der Waals surface area contributed by atoms with Gasteiger partial charge >= 0.3 is 0 Å². The molecule has 7 nitrogen and oxygen atoms in total. The highest BCUT2D eigenvalue weighted by Gasteiger charge is 2.14. The molecule has 0 saturated heterocycles. The molecular formula is C99H83N7. The van der Waals surface area contributed by atoms with Gasteiger partial charge < -0.3 is 36.4 Å². The summed E-state index contributed by atoms with van der Waals surface area (Å²) in [4.78, 5) is 4.52. The van der Waals surface area contributed by atoms with Gasteiger partial charge in [0.2, 0.25) is 0 Å². The van der Waals surface area contributed by atoms with Crippen molar-refractivity contribution in [2.24, 2.45) is 0 Å². The first-order chi connectivity index (χ1) is 52.5. The van der Waals surface area contributed by atoms with Crippen molar-refractivity contribution in [1.29, 1.82) is 0 Å². The zero-order valence-electron chi connectivity index (χ0n) is 59.2. The van der Waals surface area contributed by atoms with Crippen molar-refractivity contribution in [3.63, 3.8) is 0 Å². The number of benzene rings is 17. The minimum Gasteiger partial charge on any atom is -0.356 e. The molecule has 0 aliphatic carbocycles. The van der Waals surface area contributed by atoms with Crippen LogP contribution >= 0.6 is 0 Å². The molecule has 0 amide bonds. The molecule has 5 N–H and O–H groups in total. The lowest BCUT2D eigenvalue weighted by molar-refractivity contribution is 1.28. The molecule has 17 rings (SSSR count). The smallest absolute Gasteiger partial charge is 0.0482 e. The van der Waals surface area contributed by atoms with E-state index in [0.29, 0.717) is 0 Å². The molecule has 17 aromatic carbocycles. The minimum absolute atomic E-state index is 1.06. The number of aryl methyl sites for hydroxylation is 1. The highest BCUT2D eigenvalue weighted by atomic mass is 15.1. The molecule has 0 unspecified atom stereocenters. The van der Waals surface area contributed by atoms with Crippen molar-refractivity contribution in [3.05, 3.63) is 461 Å². The summed E-state index contributed by atoms with van der Waals surface area (Å²) in [5, 5.41) is 22.3. The SMILES string of the molecule is Cc1cccc(Nc2ccccc2)c1.c1ccc(Nc2ccc(N(c3ccccc3)c3ccccc3)cc2)cc1.c1ccc(Nc2ccc3c(ccc4ccccc43)c2)cc1.c1ccc(Nc2cccc(N(c3ccccc3)c3ccccc3)c2)cc1.c1ccc(Nc2ccccc2-c2ccccc2)cc1. The molecule has 0 aromatic heterocycles. The number of hydrogen-bond acceptors (Lipinski definition) is 7. The number of anilines is 16. The molecule has 0 bridgehead atoms. The van der Waals surface area contributed by atoms with Crippen LogP contribution in [0.5, 0.6) is 0 Å². The van der Waals surface area contributed by atoms with Crippen molar-refractivity contribution in [2.75, 3.05) is 36.4 Å². The third kappa shape index (κ3) is 20.1. The van der Waals surface area contributed by atoms with Gasteiger partial charge in [-0.15, -0.1) is 0 Å². The van der Waals surface area contributed by atoms with E-state index in [1.807, 2.05) is 121 Å². The number of hydrogen-bond donors (Lipinski definition) is 5. The second-order valence-corrected chi connectivity index (χ2v) is 25.1. The van der Waals surface area contributed by atoms with Gasteiger partial charge in [0.15, 0.2) is 0 Å². The van der Waals surface area contributed by atoms with E-state index in [1.165, 1.54) is 38.2 Å². The summed E-state index contributed by atoms with van der Waals surface area (Å²) in [7, 11) is 0. The van der Waals surface area contributed by atoms with Crippen LogP contribution in [0.25, 0.3) is 32.7 Å². The van der Waals surface area contributed by atoms with Crippen molar-refractivity contribution in [1.82, 2.24) is 0 Å². The number of nitrogens with one attached hydrogen (secondary N) is 5. The molecule has 0 atom stereocenters. The molecule has 0 radical (unpaired) electrons. The Morgan fingerprint density at radius 2 is 0.481 bits per heavy atom. The lowest BCUT2D eigenvalue weighted by Gasteiger charge is -2.26. The largest absolute Gasteiger partial charge is 0.356 e. The topological polar surface area (TPSA) is 66.6 Å². The molecule has 0 fully saturated rings. The molecule has 7 heteroatoms. The van der Waals surface area contributed by atoms with Crippen molar-refractivity contribution >= 4 is 113 Å². The van der Waals surface area contributed by atoms with Crippen LogP contribution in [0.15, 0.2) is 455 Å². The Kier molecular flexibility index (Phi) is 24.5. The van der Waals surface area contributed by atoms with Crippen LogP contribution in [0.3, 0.4) is 0 Å². The van der Waals surface area contributed by atoms with Crippen molar-refractivity contribution in [2.45, 2.75) is 6.92 Å². The maximum absolute atomic E-state index is 3.48. The summed E-state index contributed by atoms with van der Waals surface area (Å²) < 4.78 is 0. The third-order valence-corrected chi connectivity index (χ3v) is 17.4. The summed E-state index contributed by atoms with van der Waals surface area (Å²) in [6.07, 6.45) is 0. The van der Waals surface area contributed by atoms with Gasteiger partial charge in [0.05, 0.1) is 0 Å². The molecule has 106 heavy (non-hydrogen) atoms. The summed E-state index contributed by atoms with van der Waals surface area (Å²) in [6, 6.07) is 156. The summed E-state index contributed by atoms with van der Waals surface area (Å²) in [6.45, 7) is 2.09.